The van der Waals surface area contributed by atoms with Gasteiger partial charge in [-0.25, -0.2) is 0 Å². The van der Waals surface area contributed by atoms with Crippen molar-refractivity contribution in [1.82, 2.24) is 4.90 Å². The van der Waals surface area contributed by atoms with Crippen molar-refractivity contribution in [3.05, 3.63) is 24.3 Å². The van der Waals surface area contributed by atoms with Gasteiger partial charge in [0.2, 0.25) is 5.91 Å². The van der Waals surface area contributed by atoms with Gasteiger partial charge in [0.05, 0.1) is 18.7 Å². The number of amides is 1. The molecule has 1 aromatic rings. The number of carbonyl (C=O) groups is 1. The van der Waals surface area contributed by atoms with Crippen molar-refractivity contribution in [2.75, 3.05) is 38.2 Å². The lowest BCUT2D eigenvalue weighted by atomic mass is 9.84. The van der Waals surface area contributed by atoms with Crippen molar-refractivity contribution in [3.8, 4) is 5.75 Å². The topological polar surface area (TPSA) is 58.8 Å². The van der Waals surface area contributed by atoms with Crippen LogP contribution in [-0.4, -0.2) is 50.1 Å². The molecule has 0 spiro atoms. The highest BCUT2D eigenvalue weighted by molar-refractivity contribution is 5.85. The molecule has 2 N–H and O–H groups in total. The Balaban J connectivity index is 0.00000121. The molecule has 4 rings (SSSR count). The number of anilines is 1. The maximum Gasteiger partial charge on any atom is 0.227 e. The van der Waals surface area contributed by atoms with Crippen molar-refractivity contribution in [1.29, 1.82) is 0 Å². The standard InChI is InChI=1S/C19H27N3O2.2ClH/c1-24-16-5-3-2-4-15(16)21-8-10-22(11-9-21)19(23)17-13-6-7-14(12-13)18(17)20;;/h2-5,13-14,17-18H,6-12,20H2,1H3;2*1H. The largest absolute Gasteiger partial charge is 0.495 e. The number of hydrogen-bond donors (Lipinski definition) is 1. The molecular formula is C19H29Cl2N3O2. The molecular weight excluding hydrogens is 373 g/mol. The molecule has 4 atom stereocenters. The molecule has 4 unspecified atom stereocenters. The maximum absolute atomic E-state index is 13.0. The maximum atomic E-state index is 13.0. The van der Waals surface area contributed by atoms with Crippen LogP contribution in [0.4, 0.5) is 5.69 Å². The smallest absolute Gasteiger partial charge is 0.227 e. The number of benzene rings is 1. The number of para-hydroxylation sites is 2. The van der Waals surface area contributed by atoms with Crippen molar-refractivity contribution in [2.45, 2.75) is 25.3 Å². The second-order valence-electron chi connectivity index (χ2n) is 7.42. The highest BCUT2D eigenvalue weighted by Crippen LogP contribution is 2.48. The van der Waals surface area contributed by atoms with E-state index in [-0.39, 0.29) is 36.8 Å². The Labute approximate surface area is 168 Å². The van der Waals surface area contributed by atoms with Crippen molar-refractivity contribution >= 4 is 36.4 Å². The molecule has 2 aliphatic carbocycles. The third-order valence-electron chi connectivity index (χ3n) is 6.28. The van der Waals surface area contributed by atoms with Gasteiger partial charge in [-0.05, 0) is 43.2 Å². The number of carbonyl (C=O) groups excluding carboxylic acids is 1. The minimum atomic E-state index is 0. The number of piperazine rings is 1. The highest BCUT2D eigenvalue weighted by Gasteiger charge is 2.50. The zero-order chi connectivity index (χ0) is 16.7. The van der Waals surface area contributed by atoms with E-state index in [0.29, 0.717) is 17.7 Å². The Hall–Kier alpha value is -1.17. The first-order valence-electron chi connectivity index (χ1n) is 9.11. The van der Waals surface area contributed by atoms with Crippen LogP contribution in [0.1, 0.15) is 19.3 Å². The Morgan fingerprint density at radius 1 is 1.08 bits per heavy atom. The molecule has 3 aliphatic rings. The molecule has 2 bridgehead atoms. The molecule has 1 aliphatic heterocycles. The number of rotatable bonds is 3. The number of nitrogens with two attached hydrogens (primary N) is 1. The Bertz CT molecular complexity index is 621. The predicted molar refractivity (Wildman–Crippen MR) is 109 cm³/mol. The van der Waals surface area contributed by atoms with Crippen LogP contribution >= 0.6 is 24.8 Å². The van der Waals surface area contributed by atoms with Crippen LogP contribution in [0, 0.1) is 17.8 Å². The third kappa shape index (κ3) is 3.62. The molecule has 0 radical (unpaired) electrons. The average Bonchev–Trinajstić information content (AvgIpc) is 3.22. The summed E-state index contributed by atoms with van der Waals surface area (Å²) in [5, 5.41) is 0. The fraction of sp³-hybridized carbons (Fsp3) is 0.632. The molecule has 3 fully saturated rings. The summed E-state index contributed by atoms with van der Waals surface area (Å²) in [6.45, 7) is 3.25. The first kappa shape index (κ1) is 21.1. The van der Waals surface area contributed by atoms with Gasteiger partial charge in [0.15, 0.2) is 0 Å². The number of methoxy groups -OCH3 is 1. The first-order valence-corrected chi connectivity index (χ1v) is 9.11. The van der Waals surface area contributed by atoms with Gasteiger partial charge >= 0.3 is 0 Å². The molecule has 26 heavy (non-hydrogen) atoms. The lowest BCUT2D eigenvalue weighted by molar-refractivity contribution is -0.138. The molecule has 1 heterocycles. The van der Waals surface area contributed by atoms with Gasteiger partial charge < -0.3 is 20.3 Å². The van der Waals surface area contributed by atoms with Crippen LogP contribution in [0.5, 0.6) is 5.75 Å². The summed E-state index contributed by atoms with van der Waals surface area (Å²) in [6.07, 6.45) is 3.58. The summed E-state index contributed by atoms with van der Waals surface area (Å²) in [6, 6.07) is 8.18. The molecule has 5 nitrogen and oxygen atoms in total. The monoisotopic (exact) mass is 401 g/mol. The summed E-state index contributed by atoms with van der Waals surface area (Å²) < 4.78 is 5.46. The van der Waals surface area contributed by atoms with E-state index in [2.05, 4.69) is 11.0 Å². The first-order chi connectivity index (χ1) is 11.7. The van der Waals surface area contributed by atoms with E-state index in [9.17, 15) is 4.79 Å². The van der Waals surface area contributed by atoms with E-state index in [1.165, 1.54) is 19.3 Å². The molecule has 146 valence electrons. The SMILES string of the molecule is COc1ccccc1N1CCN(C(=O)C2C3CCC(C3)C2N)CC1.Cl.Cl. The van der Waals surface area contributed by atoms with Crippen molar-refractivity contribution in [2.24, 2.45) is 23.5 Å². The number of hydrogen-bond acceptors (Lipinski definition) is 4. The molecule has 1 amide bonds. The minimum Gasteiger partial charge on any atom is -0.495 e. The average molecular weight is 402 g/mol. The van der Waals surface area contributed by atoms with Gasteiger partial charge in [-0.1, -0.05) is 12.1 Å². The van der Waals surface area contributed by atoms with Crippen LogP contribution in [-0.2, 0) is 4.79 Å². The fourth-order valence-electron chi connectivity index (χ4n) is 4.97. The Morgan fingerprint density at radius 3 is 2.35 bits per heavy atom. The number of fused-ring (bicyclic) bond motifs is 2. The third-order valence-corrected chi connectivity index (χ3v) is 6.28. The van der Waals surface area contributed by atoms with E-state index in [4.69, 9.17) is 10.5 Å². The van der Waals surface area contributed by atoms with E-state index in [1.54, 1.807) is 7.11 Å². The predicted octanol–water partition coefficient (Wildman–Crippen LogP) is 2.56. The summed E-state index contributed by atoms with van der Waals surface area (Å²) in [4.78, 5) is 17.3. The van der Waals surface area contributed by atoms with E-state index >= 15 is 0 Å². The van der Waals surface area contributed by atoms with Crippen molar-refractivity contribution < 1.29 is 9.53 Å². The van der Waals surface area contributed by atoms with E-state index < -0.39 is 0 Å². The van der Waals surface area contributed by atoms with E-state index in [0.717, 1.165) is 37.6 Å². The van der Waals surface area contributed by atoms with Gasteiger partial charge in [0.1, 0.15) is 5.75 Å². The summed E-state index contributed by atoms with van der Waals surface area (Å²) in [5.74, 6) is 2.38. The van der Waals surface area contributed by atoms with Crippen LogP contribution in [0.2, 0.25) is 0 Å². The zero-order valence-electron chi connectivity index (χ0n) is 15.2. The molecule has 1 saturated heterocycles. The Kier molecular flexibility index (Phi) is 7.05. The van der Waals surface area contributed by atoms with Gasteiger partial charge in [-0.15, -0.1) is 24.8 Å². The molecule has 2 saturated carbocycles. The summed E-state index contributed by atoms with van der Waals surface area (Å²) in [7, 11) is 1.70. The Morgan fingerprint density at radius 2 is 1.73 bits per heavy atom. The van der Waals surface area contributed by atoms with E-state index in [1.807, 2.05) is 23.1 Å². The van der Waals surface area contributed by atoms with Crippen molar-refractivity contribution in [3.63, 3.8) is 0 Å². The second kappa shape index (κ2) is 8.68. The number of halogens is 2. The van der Waals surface area contributed by atoms with Gasteiger partial charge in [-0.2, -0.15) is 0 Å². The van der Waals surface area contributed by atoms with Gasteiger partial charge in [0.25, 0.3) is 0 Å². The summed E-state index contributed by atoms with van der Waals surface area (Å²) in [5.41, 5.74) is 7.47. The minimum absolute atomic E-state index is 0. The highest BCUT2D eigenvalue weighted by atomic mass is 35.5. The normalized spacial score (nSPS) is 29.8. The van der Waals surface area contributed by atoms with Crippen LogP contribution in [0.15, 0.2) is 24.3 Å². The number of ether oxygens (including phenoxy) is 1. The summed E-state index contributed by atoms with van der Waals surface area (Å²) >= 11 is 0. The van der Waals surface area contributed by atoms with Crippen LogP contribution in [0.3, 0.4) is 0 Å². The zero-order valence-corrected chi connectivity index (χ0v) is 16.8. The van der Waals surface area contributed by atoms with Gasteiger partial charge in [0, 0.05) is 32.2 Å². The van der Waals surface area contributed by atoms with Crippen LogP contribution in [0.25, 0.3) is 0 Å². The quantitative estimate of drug-likeness (QED) is 0.845. The lowest BCUT2D eigenvalue weighted by Gasteiger charge is -2.39. The lowest BCUT2D eigenvalue weighted by Crippen LogP contribution is -2.54. The molecule has 0 aromatic heterocycles. The molecule has 7 heteroatoms. The second-order valence-corrected chi connectivity index (χ2v) is 7.42. The van der Waals surface area contributed by atoms with Crippen LogP contribution < -0.4 is 15.4 Å². The number of nitrogens with zero attached hydrogens (tertiary/aromatic N) is 2. The van der Waals surface area contributed by atoms with Gasteiger partial charge in [-0.3, -0.25) is 4.79 Å². The fourth-order valence-corrected chi connectivity index (χ4v) is 4.97. The molecule has 1 aromatic carbocycles.